The third kappa shape index (κ3) is 2.90. The van der Waals surface area contributed by atoms with Crippen molar-refractivity contribution in [2.45, 2.75) is 31.5 Å². The van der Waals surface area contributed by atoms with Gasteiger partial charge >= 0.3 is 0 Å². The normalized spacial score (nSPS) is 20.3. The average Bonchev–Trinajstić information content (AvgIpc) is 2.61. The van der Waals surface area contributed by atoms with E-state index < -0.39 is 5.54 Å². The van der Waals surface area contributed by atoms with Crippen LogP contribution >= 0.6 is 0 Å². The van der Waals surface area contributed by atoms with Gasteiger partial charge in [0.25, 0.3) is 0 Å². The Balaban J connectivity index is 2.23. The Kier molecular flexibility index (Phi) is 4.35. The van der Waals surface area contributed by atoms with Crippen LogP contribution in [-0.4, -0.2) is 35.5 Å². The van der Waals surface area contributed by atoms with Crippen LogP contribution in [0.5, 0.6) is 0 Å². The molecule has 2 rings (SSSR count). The first kappa shape index (κ1) is 13.5. The van der Waals surface area contributed by atoms with Gasteiger partial charge in [-0.15, -0.1) is 0 Å². The number of nitrogens with one attached hydrogen (secondary N) is 2. The highest BCUT2D eigenvalue weighted by molar-refractivity contribution is 5.31. The molecule has 0 aliphatic carbocycles. The second kappa shape index (κ2) is 5.80. The summed E-state index contributed by atoms with van der Waals surface area (Å²) in [6, 6.07) is 8.49. The predicted octanol–water partition coefficient (Wildman–Crippen LogP) is 0.554. The first-order valence-electron chi connectivity index (χ1n) is 6.46. The van der Waals surface area contributed by atoms with Gasteiger partial charge in [0.05, 0.1) is 18.8 Å². The lowest BCUT2D eigenvalue weighted by Crippen LogP contribution is -2.50. The summed E-state index contributed by atoms with van der Waals surface area (Å²) in [5.41, 5.74) is 1.91. The van der Waals surface area contributed by atoms with Crippen molar-refractivity contribution in [1.29, 1.82) is 0 Å². The second-order valence-corrected chi connectivity index (χ2v) is 5.24. The van der Waals surface area contributed by atoms with Gasteiger partial charge in [0, 0.05) is 12.6 Å². The molecule has 0 saturated heterocycles. The largest absolute Gasteiger partial charge is 0.394 e. The van der Waals surface area contributed by atoms with Crippen molar-refractivity contribution in [3.05, 3.63) is 35.4 Å². The SMILES string of the molecule is CC(CO)(CO)NC1CCNCc2ccccc21. The van der Waals surface area contributed by atoms with Crippen LogP contribution in [-0.2, 0) is 6.54 Å². The molecule has 100 valence electrons. The van der Waals surface area contributed by atoms with E-state index in [0.29, 0.717) is 0 Å². The monoisotopic (exact) mass is 250 g/mol. The number of hydrogen-bond acceptors (Lipinski definition) is 4. The lowest BCUT2D eigenvalue weighted by atomic mass is 9.95. The van der Waals surface area contributed by atoms with Crippen molar-refractivity contribution >= 4 is 0 Å². The van der Waals surface area contributed by atoms with Crippen molar-refractivity contribution in [3.8, 4) is 0 Å². The third-order valence-electron chi connectivity index (χ3n) is 3.58. The van der Waals surface area contributed by atoms with Gasteiger partial charge in [0.15, 0.2) is 0 Å². The molecule has 4 N–H and O–H groups in total. The summed E-state index contributed by atoms with van der Waals surface area (Å²) in [7, 11) is 0. The fraction of sp³-hybridized carbons (Fsp3) is 0.571. The fourth-order valence-electron chi connectivity index (χ4n) is 2.37. The molecule has 1 aliphatic heterocycles. The molecule has 4 heteroatoms. The molecular weight excluding hydrogens is 228 g/mol. The summed E-state index contributed by atoms with van der Waals surface area (Å²) in [6.45, 7) is 3.50. The summed E-state index contributed by atoms with van der Waals surface area (Å²) in [4.78, 5) is 0. The highest BCUT2D eigenvalue weighted by Crippen LogP contribution is 2.25. The second-order valence-electron chi connectivity index (χ2n) is 5.24. The van der Waals surface area contributed by atoms with E-state index >= 15 is 0 Å². The Bertz CT molecular complexity index is 391. The standard InChI is InChI=1S/C14H22N2O2/c1-14(9-17,10-18)16-13-6-7-15-8-11-4-2-3-5-12(11)13/h2-5,13,15-18H,6-10H2,1H3. The van der Waals surface area contributed by atoms with E-state index in [-0.39, 0.29) is 19.3 Å². The Morgan fingerprint density at radius 1 is 1.33 bits per heavy atom. The number of aliphatic hydroxyl groups is 2. The number of benzene rings is 1. The first-order chi connectivity index (χ1) is 8.68. The van der Waals surface area contributed by atoms with Gasteiger partial charge in [0.1, 0.15) is 0 Å². The van der Waals surface area contributed by atoms with Gasteiger partial charge < -0.3 is 20.8 Å². The Labute approximate surface area is 108 Å². The molecule has 0 radical (unpaired) electrons. The van der Waals surface area contributed by atoms with Crippen LogP contribution in [0, 0.1) is 0 Å². The zero-order chi connectivity index (χ0) is 13.0. The molecule has 1 aromatic carbocycles. The van der Waals surface area contributed by atoms with E-state index in [1.807, 2.05) is 19.1 Å². The fourth-order valence-corrected chi connectivity index (χ4v) is 2.37. The molecule has 1 aromatic rings. The van der Waals surface area contributed by atoms with Crippen molar-refractivity contribution in [3.63, 3.8) is 0 Å². The predicted molar refractivity (Wildman–Crippen MR) is 71.2 cm³/mol. The van der Waals surface area contributed by atoms with E-state index in [1.165, 1.54) is 11.1 Å². The minimum atomic E-state index is -0.637. The average molecular weight is 250 g/mol. The highest BCUT2D eigenvalue weighted by atomic mass is 16.3. The van der Waals surface area contributed by atoms with Crippen LogP contribution in [0.1, 0.15) is 30.5 Å². The van der Waals surface area contributed by atoms with E-state index in [0.717, 1.165) is 19.5 Å². The minimum absolute atomic E-state index is 0.0738. The molecule has 0 spiro atoms. The number of hydrogen-bond donors (Lipinski definition) is 4. The third-order valence-corrected chi connectivity index (χ3v) is 3.58. The molecule has 1 atom stereocenters. The smallest absolute Gasteiger partial charge is 0.0633 e. The lowest BCUT2D eigenvalue weighted by molar-refractivity contribution is 0.0929. The van der Waals surface area contributed by atoms with Crippen LogP contribution in [0.3, 0.4) is 0 Å². The Hall–Kier alpha value is -0.940. The summed E-state index contributed by atoms with van der Waals surface area (Å²) in [5, 5.41) is 25.6. The molecule has 0 saturated carbocycles. The summed E-state index contributed by atoms with van der Waals surface area (Å²) >= 11 is 0. The maximum absolute atomic E-state index is 9.40. The lowest BCUT2D eigenvalue weighted by Gasteiger charge is -2.32. The van der Waals surface area contributed by atoms with Gasteiger partial charge in [-0.05, 0) is 31.0 Å². The molecule has 0 aromatic heterocycles. The van der Waals surface area contributed by atoms with Crippen LogP contribution in [0.2, 0.25) is 0 Å². The molecule has 1 unspecified atom stereocenters. The molecule has 0 amide bonds. The topological polar surface area (TPSA) is 64.5 Å². The Morgan fingerprint density at radius 3 is 2.78 bits per heavy atom. The maximum Gasteiger partial charge on any atom is 0.0633 e. The molecular formula is C14H22N2O2. The molecule has 0 bridgehead atoms. The van der Waals surface area contributed by atoms with Crippen LogP contribution < -0.4 is 10.6 Å². The first-order valence-corrected chi connectivity index (χ1v) is 6.46. The van der Waals surface area contributed by atoms with Crippen LogP contribution in [0.4, 0.5) is 0 Å². The molecule has 1 heterocycles. The van der Waals surface area contributed by atoms with E-state index in [9.17, 15) is 10.2 Å². The van der Waals surface area contributed by atoms with E-state index in [4.69, 9.17) is 0 Å². The van der Waals surface area contributed by atoms with Crippen molar-refractivity contribution in [2.24, 2.45) is 0 Å². The van der Waals surface area contributed by atoms with Crippen molar-refractivity contribution in [1.82, 2.24) is 10.6 Å². The van der Waals surface area contributed by atoms with Gasteiger partial charge in [0.2, 0.25) is 0 Å². The molecule has 1 aliphatic rings. The van der Waals surface area contributed by atoms with Gasteiger partial charge in [-0.2, -0.15) is 0 Å². The van der Waals surface area contributed by atoms with Crippen LogP contribution in [0.15, 0.2) is 24.3 Å². The van der Waals surface area contributed by atoms with Gasteiger partial charge in [-0.25, -0.2) is 0 Å². The highest BCUT2D eigenvalue weighted by Gasteiger charge is 2.28. The van der Waals surface area contributed by atoms with Gasteiger partial charge in [-0.1, -0.05) is 24.3 Å². The molecule has 4 nitrogen and oxygen atoms in total. The zero-order valence-corrected chi connectivity index (χ0v) is 10.8. The van der Waals surface area contributed by atoms with Crippen molar-refractivity contribution in [2.75, 3.05) is 19.8 Å². The van der Waals surface area contributed by atoms with Crippen LogP contribution in [0.25, 0.3) is 0 Å². The summed E-state index contributed by atoms with van der Waals surface area (Å²) < 4.78 is 0. The minimum Gasteiger partial charge on any atom is -0.394 e. The van der Waals surface area contributed by atoms with E-state index in [2.05, 4.69) is 22.8 Å². The number of fused-ring (bicyclic) bond motifs is 1. The Morgan fingerprint density at radius 2 is 2.06 bits per heavy atom. The summed E-state index contributed by atoms with van der Waals surface area (Å²) in [5.74, 6) is 0. The molecule has 0 fully saturated rings. The number of rotatable bonds is 4. The molecule has 18 heavy (non-hydrogen) atoms. The number of aliphatic hydroxyl groups excluding tert-OH is 2. The maximum atomic E-state index is 9.40. The van der Waals surface area contributed by atoms with E-state index in [1.54, 1.807) is 0 Å². The summed E-state index contributed by atoms with van der Waals surface area (Å²) in [6.07, 6.45) is 0.951. The van der Waals surface area contributed by atoms with Crippen molar-refractivity contribution < 1.29 is 10.2 Å². The quantitative estimate of drug-likeness (QED) is 0.630. The van der Waals surface area contributed by atoms with Gasteiger partial charge in [-0.3, -0.25) is 0 Å². The zero-order valence-electron chi connectivity index (χ0n) is 10.8.